The molecule has 0 aliphatic carbocycles. The van der Waals surface area contributed by atoms with Gasteiger partial charge in [0.1, 0.15) is 12.4 Å². The average Bonchev–Trinajstić information content (AvgIpc) is 2.44. The number of benzene rings is 1. The fourth-order valence-electron chi connectivity index (χ4n) is 1.89. The Morgan fingerprint density at radius 3 is 2.57 bits per heavy atom. The second kappa shape index (κ2) is 8.75. The number of nitro groups is 1. The van der Waals surface area contributed by atoms with Crippen molar-refractivity contribution in [2.24, 2.45) is 0 Å². The smallest absolute Gasteiger partial charge is 0.395 e. The molecule has 0 unspecified atom stereocenters. The number of rotatable bonds is 9. The molecule has 0 heterocycles. The van der Waals surface area contributed by atoms with Crippen molar-refractivity contribution < 1.29 is 32.3 Å². The minimum absolute atomic E-state index is 0.0147. The van der Waals surface area contributed by atoms with E-state index < -0.39 is 29.2 Å². The van der Waals surface area contributed by atoms with E-state index in [1.807, 2.05) is 0 Å². The molecule has 1 aromatic carbocycles. The van der Waals surface area contributed by atoms with Gasteiger partial charge in [-0.05, 0) is 6.07 Å². The third-order valence-electron chi connectivity index (χ3n) is 2.91. The van der Waals surface area contributed by atoms with Gasteiger partial charge in [0.2, 0.25) is 0 Å². The lowest BCUT2D eigenvalue weighted by atomic mass is 10.1. The molecule has 1 aromatic rings. The molecule has 1 N–H and O–H groups in total. The van der Waals surface area contributed by atoms with Gasteiger partial charge in [-0.2, -0.15) is 13.2 Å². The van der Waals surface area contributed by atoms with Crippen LogP contribution in [-0.2, 0) is 11.3 Å². The summed E-state index contributed by atoms with van der Waals surface area (Å²) >= 11 is 0. The quantitative estimate of drug-likeness (QED) is 0.322. The molecule has 0 spiro atoms. The van der Waals surface area contributed by atoms with E-state index in [0.717, 1.165) is 12.1 Å². The second-order valence-corrected chi connectivity index (χ2v) is 4.66. The summed E-state index contributed by atoms with van der Waals surface area (Å²) in [7, 11) is 0. The topological polar surface area (TPSA) is 75.8 Å². The predicted molar refractivity (Wildman–Crippen MR) is 72.3 cm³/mol. The maximum Gasteiger partial charge on any atom is 0.411 e. The molecular weight excluding hydrogens is 324 g/mol. The molecule has 0 atom stereocenters. The Bertz CT molecular complexity index is 525. The summed E-state index contributed by atoms with van der Waals surface area (Å²) in [6.45, 7) is -2.30. The first-order valence-electron chi connectivity index (χ1n) is 6.64. The molecule has 0 amide bonds. The highest BCUT2D eigenvalue weighted by Crippen LogP contribution is 2.23. The molecule has 23 heavy (non-hydrogen) atoms. The van der Waals surface area contributed by atoms with Gasteiger partial charge in [-0.15, -0.1) is 0 Å². The summed E-state index contributed by atoms with van der Waals surface area (Å²) < 4.78 is 54.1. The van der Waals surface area contributed by atoms with Crippen LogP contribution in [0.4, 0.5) is 23.2 Å². The van der Waals surface area contributed by atoms with Crippen molar-refractivity contribution in [1.29, 1.82) is 0 Å². The monoisotopic (exact) mass is 340 g/mol. The van der Waals surface area contributed by atoms with Gasteiger partial charge in [0.05, 0.1) is 23.7 Å². The molecule has 0 saturated heterocycles. The molecule has 10 heteroatoms. The number of hydrogen-bond acceptors (Lipinski definition) is 5. The number of hydrogen-bond donors (Lipinski definition) is 1. The standard InChI is InChI=1S/C13H16F4N2O4/c14-11-2-1-3-12(19(21)22)10(11)8-18(4-6-20)5-7-23-9-13(15,16)17/h1-3,20H,4-9H2. The zero-order valence-corrected chi connectivity index (χ0v) is 12.1. The van der Waals surface area contributed by atoms with Gasteiger partial charge in [-0.3, -0.25) is 15.0 Å². The van der Waals surface area contributed by atoms with Gasteiger partial charge >= 0.3 is 6.18 Å². The first-order chi connectivity index (χ1) is 10.7. The molecule has 1 rings (SSSR count). The van der Waals surface area contributed by atoms with Crippen LogP contribution < -0.4 is 0 Å². The number of halogens is 4. The van der Waals surface area contributed by atoms with Gasteiger partial charge < -0.3 is 9.84 Å². The van der Waals surface area contributed by atoms with Gasteiger partial charge in [-0.25, -0.2) is 4.39 Å². The van der Waals surface area contributed by atoms with E-state index in [2.05, 4.69) is 4.74 Å². The lowest BCUT2D eigenvalue weighted by Gasteiger charge is -2.21. The highest BCUT2D eigenvalue weighted by Gasteiger charge is 2.27. The van der Waals surface area contributed by atoms with Gasteiger partial charge in [0, 0.05) is 25.7 Å². The summed E-state index contributed by atoms with van der Waals surface area (Å²) in [5.41, 5.74) is -0.620. The lowest BCUT2D eigenvalue weighted by molar-refractivity contribution is -0.386. The predicted octanol–water partition coefficient (Wildman–Crippen LogP) is 2.11. The molecule has 0 bridgehead atoms. The average molecular weight is 340 g/mol. The van der Waals surface area contributed by atoms with Crippen molar-refractivity contribution in [2.45, 2.75) is 12.7 Å². The van der Waals surface area contributed by atoms with E-state index in [1.165, 1.54) is 11.0 Å². The van der Waals surface area contributed by atoms with E-state index in [-0.39, 0.29) is 38.4 Å². The summed E-state index contributed by atoms with van der Waals surface area (Å²) in [5, 5.41) is 19.9. The van der Waals surface area contributed by atoms with Crippen LogP contribution in [0, 0.1) is 15.9 Å². The second-order valence-electron chi connectivity index (χ2n) is 4.66. The Morgan fingerprint density at radius 1 is 1.30 bits per heavy atom. The number of ether oxygens (including phenoxy) is 1. The molecule has 0 fully saturated rings. The van der Waals surface area contributed by atoms with Crippen LogP contribution in [0.5, 0.6) is 0 Å². The Hall–Kier alpha value is -1.78. The Kier molecular flexibility index (Phi) is 7.33. The SMILES string of the molecule is O=[N+]([O-])c1cccc(F)c1CN(CCO)CCOCC(F)(F)F. The normalized spacial score (nSPS) is 11.9. The summed E-state index contributed by atoms with van der Waals surface area (Å²) in [6, 6.07) is 3.38. The zero-order valence-electron chi connectivity index (χ0n) is 12.1. The van der Waals surface area contributed by atoms with Crippen LogP contribution in [0.1, 0.15) is 5.56 Å². The van der Waals surface area contributed by atoms with E-state index >= 15 is 0 Å². The van der Waals surface area contributed by atoms with Gasteiger partial charge in [0.15, 0.2) is 0 Å². The Labute approximate surface area is 129 Å². The van der Waals surface area contributed by atoms with Crippen molar-refractivity contribution in [3.05, 3.63) is 39.7 Å². The maximum absolute atomic E-state index is 13.8. The first-order valence-corrected chi connectivity index (χ1v) is 6.64. The lowest BCUT2D eigenvalue weighted by Crippen LogP contribution is -2.31. The summed E-state index contributed by atoms with van der Waals surface area (Å²) in [6.07, 6.45) is -4.45. The van der Waals surface area contributed by atoms with Gasteiger partial charge in [-0.1, -0.05) is 6.07 Å². The highest BCUT2D eigenvalue weighted by molar-refractivity contribution is 5.40. The number of nitro benzene ring substituents is 1. The third kappa shape index (κ3) is 6.89. The number of nitrogens with zero attached hydrogens (tertiary/aromatic N) is 2. The molecule has 0 saturated carbocycles. The van der Waals surface area contributed by atoms with Crippen LogP contribution in [0.25, 0.3) is 0 Å². The Morgan fingerprint density at radius 2 is 2.00 bits per heavy atom. The minimum atomic E-state index is -4.45. The number of alkyl halides is 3. The number of aliphatic hydroxyl groups is 1. The van der Waals surface area contributed by atoms with Crippen molar-refractivity contribution >= 4 is 5.69 Å². The molecule has 0 aliphatic rings. The van der Waals surface area contributed by atoms with Crippen molar-refractivity contribution in [1.82, 2.24) is 4.90 Å². The van der Waals surface area contributed by atoms with Crippen molar-refractivity contribution in [3.63, 3.8) is 0 Å². The van der Waals surface area contributed by atoms with Crippen molar-refractivity contribution in [3.8, 4) is 0 Å². The third-order valence-corrected chi connectivity index (χ3v) is 2.91. The van der Waals surface area contributed by atoms with Crippen molar-refractivity contribution in [2.75, 3.05) is 32.9 Å². The molecule has 0 aromatic heterocycles. The van der Waals surface area contributed by atoms with E-state index in [4.69, 9.17) is 5.11 Å². The van der Waals surface area contributed by atoms with E-state index in [0.29, 0.717) is 0 Å². The van der Waals surface area contributed by atoms with E-state index in [9.17, 15) is 27.7 Å². The van der Waals surface area contributed by atoms with E-state index in [1.54, 1.807) is 0 Å². The van der Waals surface area contributed by atoms with Crippen LogP contribution in [0.15, 0.2) is 18.2 Å². The number of aliphatic hydroxyl groups excluding tert-OH is 1. The molecule has 0 aliphatic heterocycles. The molecule has 130 valence electrons. The Balaban J connectivity index is 2.71. The van der Waals surface area contributed by atoms with Gasteiger partial charge in [0.25, 0.3) is 5.69 Å². The summed E-state index contributed by atoms with van der Waals surface area (Å²) in [5.74, 6) is -0.793. The summed E-state index contributed by atoms with van der Waals surface area (Å²) in [4.78, 5) is 11.5. The molecular formula is C13H16F4N2O4. The first kappa shape index (κ1) is 19.3. The van der Waals surface area contributed by atoms with Crippen LogP contribution in [0.3, 0.4) is 0 Å². The van der Waals surface area contributed by atoms with Crippen LogP contribution in [0.2, 0.25) is 0 Å². The highest BCUT2D eigenvalue weighted by atomic mass is 19.4. The van der Waals surface area contributed by atoms with Crippen LogP contribution in [-0.4, -0.2) is 54.0 Å². The van der Waals surface area contributed by atoms with Crippen LogP contribution >= 0.6 is 0 Å². The fraction of sp³-hybridized carbons (Fsp3) is 0.538. The fourth-order valence-corrected chi connectivity index (χ4v) is 1.89. The largest absolute Gasteiger partial charge is 0.411 e. The molecule has 6 nitrogen and oxygen atoms in total. The maximum atomic E-state index is 13.8. The minimum Gasteiger partial charge on any atom is -0.395 e. The molecule has 0 radical (unpaired) electrons. The zero-order chi connectivity index (χ0) is 17.5.